The van der Waals surface area contributed by atoms with Crippen LogP contribution < -0.4 is 5.32 Å². The zero-order valence-electron chi connectivity index (χ0n) is 18.3. The number of benzene rings is 3. The van der Waals surface area contributed by atoms with Gasteiger partial charge in [0.05, 0.1) is 11.0 Å². The largest absolute Gasteiger partial charge is 0.352 e. The number of hydrogen-bond acceptors (Lipinski definition) is 3. The second kappa shape index (κ2) is 9.47. The van der Waals surface area contributed by atoms with Gasteiger partial charge in [-0.25, -0.2) is 4.98 Å². The van der Waals surface area contributed by atoms with Crippen molar-refractivity contribution in [2.45, 2.75) is 19.4 Å². The fourth-order valence-electron chi connectivity index (χ4n) is 3.65. The van der Waals surface area contributed by atoms with Gasteiger partial charge in [0.15, 0.2) is 0 Å². The van der Waals surface area contributed by atoms with Gasteiger partial charge >= 0.3 is 0 Å². The number of imidazole rings is 1. The second-order valence-corrected chi connectivity index (χ2v) is 7.86. The number of fused-ring (bicyclic) bond motifs is 1. The molecule has 0 atom stereocenters. The van der Waals surface area contributed by atoms with Gasteiger partial charge < -0.3 is 10.2 Å². The smallest absolute Gasteiger partial charge is 0.253 e. The van der Waals surface area contributed by atoms with E-state index < -0.39 is 0 Å². The first kappa shape index (κ1) is 21.3. The Morgan fingerprint density at radius 3 is 2.31 bits per heavy atom. The van der Waals surface area contributed by atoms with Gasteiger partial charge in [-0.15, -0.1) is 0 Å². The highest BCUT2D eigenvalue weighted by molar-refractivity contribution is 5.93. The van der Waals surface area contributed by atoms with Crippen LogP contribution in [0.2, 0.25) is 0 Å². The van der Waals surface area contributed by atoms with Crippen LogP contribution in [0.5, 0.6) is 0 Å². The molecule has 0 bridgehead atoms. The molecule has 0 fully saturated rings. The maximum absolute atomic E-state index is 12.5. The van der Waals surface area contributed by atoms with Crippen LogP contribution >= 0.6 is 0 Å². The van der Waals surface area contributed by atoms with E-state index in [0.717, 1.165) is 28.1 Å². The minimum Gasteiger partial charge on any atom is -0.352 e. The Labute approximate surface area is 187 Å². The molecule has 1 N–H and O–H groups in total. The lowest BCUT2D eigenvalue weighted by Crippen LogP contribution is -2.24. The van der Waals surface area contributed by atoms with E-state index in [9.17, 15) is 9.59 Å². The maximum atomic E-state index is 12.5. The third-order valence-electron chi connectivity index (χ3n) is 5.32. The van der Waals surface area contributed by atoms with Crippen molar-refractivity contribution < 1.29 is 9.59 Å². The molecule has 4 rings (SSSR count). The van der Waals surface area contributed by atoms with E-state index in [1.165, 1.54) is 0 Å². The van der Waals surface area contributed by atoms with Crippen molar-refractivity contribution >= 4 is 22.8 Å². The Kier molecular flexibility index (Phi) is 6.31. The van der Waals surface area contributed by atoms with Crippen molar-refractivity contribution in [2.24, 2.45) is 0 Å². The highest BCUT2D eigenvalue weighted by Gasteiger charge is 2.14. The highest BCUT2D eigenvalue weighted by atomic mass is 16.2. The molecule has 0 radical (unpaired) electrons. The fourth-order valence-corrected chi connectivity index (χ4v) is 3.65. The molecule has 0 unspecified atom stereocenters. The summed E-state index contributed by atoms with van der Waals surface area (Å²) >= 11 is 0. The summed E-state index contributed by atoms with van der Waals surface area (Å²) in [7, 11) is 3.45. The molecule has 1 heterocycles. The molecule has 1 aromatic heterocycles. The third kappa shape index (κ3) is 4.70. The molecule has 162 valence electrons. The van der Waals surface area contributed by atoms with Gasteiger partial charge in [-0.2, -0.15) is 0 Å². The van der Waals surface area contributed by atoms with Gasteiger partial charge in [0.2, 0.25) is 5.91 Å². The molecule has 0 aliphatic carbocycles. The number of aromatic nitrogens is 2. The molecule has 0 aliphatic rings. The Hall–Kier alpha value is -3.93. The van der Waals surface area contributed by atoms with Crippen molar-refractivity contribution in [3.05, 3.63) is 95.8 Å². The van der Waals surface area contributed by atoms with Gasteiger partial charge in [0, 0.05) is 44.7 Å². The number of aryl methyl sites for hydroxylation is 1. The first-order chi connectivity index (χ1) is 15.5. The average Bonchev–Trinajstić information content (AvgIpc) is 3.20. The first-order valence-corrected chi connectivity index (χ1v) is 10.6. The molecular formula is C26H26N4O2. The van der Waals surface area contributed by atoms with E-state index >= 15 is 0 Å². The van der Waals surface area contributed by atoms with Crippen LogP contribution in [0.15, 0.2) is 78.9 Å². The summed E-state index contributed by atoms with van der Waals surface area (Å²) in [6.07, 6.45) is 0.874. The number of carbonyl (C=O) groups is 2. The van der Waals surface area contributed by atoms with Gasteiger partial charge in [0.25, 0.3) is 5.91 Å². The standard InChI is InChI=1S/C26H26N4O2/c1-29(2)26(32)20-14-12-19(13-15-20)18-27-25(31)17-16-24-28-22-10-6-7-11-23(22)30(24)21-8-4-3-5-9-21/h3-15H,16-18H2,1-2H3,(H,27,31). The average molecular weight is 427 g/mol. The molecule has 0 aliphatic heterocycles. The minimum atomic E-state index is -0.0399. The number of nitrogens with one attached hydrogen (secondary N) is 1. The molecule has 0 spiro atoms. The lowest BCUT2D eigenvalue weighted by Gasteiger charge is -2.11. The molecule has 0 saturated heterocycles. The molecule has 32 heavy (non-hydrogen) atoms. The Morgan fingerprint density at radius 1 is 0.906 bits per heavy atom. The van der Waals surface area contributed by atoms with Gasteiger partial charge in [0.1, 0.15) is 5.82 Å². The molecule has 3 aromatic carbocycles. The zero-order valence-corrected chi connectivity index (χ0v) is 18.3. The number of rotatable bonds is 7. The number of hydrogen-bond donors (Lipinski definition) is 1. The summed E-state index contributed by atoms with van der Waals surface area (Å²) in [6, 6.07) is 25.4. The van der Waals surface area contributed by atoms with E-state index in [1.54, 1.807) is 31.1 Å². The Balaban J connectivity index is 1.41. The predicted molar refractivity (Wildman–Crippen MR) is 126 cm³/mol. The number of carbonyl (C=O) groups excluding carboxylic acids is 2. The molecule has 6 heteroatoms. The lowest BCUT2D eigenvalue weighted by atomic mass is 10.1. The monoisotopic (exact) mass is 426 g/mol. The topological polar surface area (TPSA) is 67.2 Å². The summed E-state index contributed by atoms with van der Waals surface area (Å²) in [4.78, 5) is 30.8. The van der Waals surface area contributed by atoms with Gasteiger partial charge in [-0.05, 0) is 42.0 Å². The summed E-state index contributed by atoms with van der Waals surface area (Å²) in [5, 5.41) is 2.96. The normalized spacial score (nSPS) is 10.8. The third-order valence-corrected chi connectivity index (χ3v) is 5.32. The van der Waals surface area contributed by atoms with Crippen LogP contribution in [0, 0.1) is 0 Å². The van der Waals surface area contributed by atoms with Crippen molar-refractivity contribution in [3.8, 4) is 5.69 Å². The number of para-hydroxylation sites is 3. The fraction of sp³-hybridized carbons (Fsp3) is 0.192. The van der Waals surface area contributed by atoms with Crippen LogP contribution in [0.1, 0.15) is 28.2 Å². The van der Waals surface area contributed by atoms with E-state index in [2.05, 4.69) is 9.88 Å². The molecule has 0 saturated carbocycles. The van der Waals surface area contributed by atoms with Crippen LogP contribution in [0.25, 0.3) is 16.7 Å². The number of nitrogens with zero attached hydrogens (tertiary/aromatic N) is 3. The van der Waals surface area contributed by atoms with Crippen molar-refractivity contribution in [3.63, 3.8) is 0 Å². The predicted octanol–water partition coefficient (Wildman–Crippen LogP) is 3.98. The van der Waals surface area contributed by atoms with Crippen LogP contribution in [-0.2, 0) is 17.8 Å². The van der Waals surface area contributed by atoms with E-state index in [4.69, 9.17) is 4.98 Å². The number of amides is 2. The summed E-state index contributed by atoms with van der Waals surface area (Å²) in [5.74, 6) is 0.783. The van der Waals surface area contributed by atoms with E-state index in [-0.39, 0.29) is 11.8 Å². The minimum absolute atomic E-state index is 0.0369. The molecule has 2 amide bonds. The summed E-state index contributed by atoms with van der Waals surface area (Å²) in [5.41, 5.74) is 4.56. The second-order valence-electron chi connectivity index (χ2n) is 7.86. The maximum Gasteiger partial charge on any atom is 0.253 e. The van der Waals surface area contributed by atoms with Crippen molar-refractivity contribution in [2.75, 3.05) is 14.1 Å². The highest BCUT2D eigenvalue weighted by Crippen LogP contribution is 2.22. The Bertz CT molecular complexity index is 1230. The summed E-state index contributed by atoms with van der Waals surface area (Å²) < 4.78 is 2.11. The van der Waals surface area contributed by atoms with E-state index in [1.807, 2.05) is 66.7 Å². The van der Waals surface area contributed by atoms with Gasteiger partial charge in [-0.1, -0.05) is 42.5 Å². The molecule has 4 aromatic rings. The van der Waals surface area contributed by atoms with Crippen molar-refractivity contribution in [1.82, 2.24) is 19.8 Å². The van der Waals surface area contributed by atoms with Gasteiger partial charge in [-0.3, -0.25) is 14.2 Å². The van der Waals surface area contributed by atoms with Crippen molar-refractivity contribution in [1.29, 1.82) is 0 Å². The first-order valence-electron chi connectivity index (χ1n) is 10.6. The zero-order chi connectivity index (χ0) is 22.5. The summed E-state index contributed by atoms with van der Waals surface area (Å²) in [6.45, 7) is 0.421. The molecular weight excluding hydrogens is 400 g/mol. The van der Waals surface area contributed by atoms with Crippen LogP contribution in [0.4, 0.5) is 0 Å². The SMILES string of the molecule is CN(C)C(=O)c1ccc(CNC(=O)CCc2nc3ccccc3n2-c2ccccc2)cc1. The van der Waals surface area contributed by atoms with Crippen LogP contribution in [0.3, 0.4) is 0 Å². The Morgan fingerprint density at radius 2 is 1.59 bits per heavy atom. The van der Waals surface area contributed by atoms with Crippen LogP contribution in [-0.4, -0.2) is 40.4 Å². The quantitative estimate of drug-likeness (QED) is 0.486. The lowest BCUT2D eigenvalue weighted by molar-refractivity contribution is -0.121. The van der Waals surface area contributed by atoms with E-state index in [0.29, 0.717) is 24.9 Å². The molecule has 6 nitrogen and oxygen atoms in total.